The summed E-state index contributed by atoms with van der Waals surface area (Å²) in [5.41, 5.74) is 7.71. The number of nitrogens with two attached hydrogens (primary N) is 1. The molecule has 160 valence electrons. The molecule has 1 saturated heterocycles. The molecule has 2 aromatic heterocycles. The molecule has 1 fully saturated rings. The lowest BCUT2D eigenvalue weighted by Gasteiger charge is -2.41. The Hall–Kier alpha value is -3.19. The first-order chi connectivity index (χ1) is 15.0. The number of rotatable bonds is 5. The fourth-order valence-corrected chi connectivity index (χ4v) is 5.09. The molecular formula is C24H26N4O2S. The van der Waals surface area contributed by atoms with Crippen LogP contribution in [0.1, 0.15) is 28.8 Å². The van der Waals surface area contributed by atoms with Gasteiger partial charge < -0.3 is 16.0 Å². The Labute approximate surface area is 186 Å². The molecule has 3 N–H and O–H groups in total. The Bertz CT molecular complexity index is 1070. The standard InChI is InChI=1S/C24H26N4O2S/c1-26-23(30)24(14-17-5-2-6-18(13-17)20-7-3-12-31-20)10-4-11-28(16-24)22(29)19-8-9-21(25)27-15-19/h2-3,5-9,12-13,15H,4,10-11,14,16H2,1H3,(H2,25,27)(H,26,30)/t24-/m0/s1. The zero-order valence-electron chi connectivity index (χ0n) is 17.5. The van der Waals surface area contributed by atoms with Gasteiger partial charge in [-0.2, -0.15) is 0 Å². The Morgan fingerprint density at radius 3 is 2.81 bits per heavy atom. The highest BCUT2D eigenvalue weighted by atomic mass is 32.1. The summed E-state index contributed by atoms with van der Waals surface area (Å²) in [6.45, 7) is 0.996. The fourth-order valence-electron chi connectivity index (χ4n) is 4.36. The number of hydrogen-bond acceptors (Lipinski definition) is 5. The van der Waals surface area contributed by atoms with Gasteiger partial charge >= 0.3 is 0 Å². The van der Waals surface area contributed by atoms with Crippen LogP contribution in [0.3, 0.4) is 0 Å². The molecule has 31 heavy (non-hydrogen) atoms. The number of nitrogens with zero attached hydrogens (tertiary/aromatic N) is 2. The molecule has 3 aromatic rings. The molecule has 6 nitrogen and oxygen atoms in total. The van der Waals surface area contributed by atoms with E-state index in [-0.39, 0.29) is 11.8 Å². The Morgan fingerprint density at radius 2 is 2.10 bits per heavy atom. The lowest BCUT2D eigenvalue weighted by atomic mass is 9.74. The molecule has 1 aliphatic rings. The number of aromatic nitrogens is 1. The minimum Gasteiger partial charge on any atom is -0.384 e. The van der Waals surface area contributed by atoms with Crippen LogP contribution in [-0.4, -0.2) is 41.8 Å². The molecule has 4 rings (SSSR count). The summed E-state index contributed by atoms with van der Waals surface area (Å²) < 4.78 is 0. The molecular weight excluding hydrogens is 408 g/mol. The van der Waals surface area contributed by atoms with Crippen LogP contribution in [0.5, 0.6) is 0 Å². The second-order valence-corrected chi connectivity index (χ2v) is 8.96. The van der Waals surface area contributed by atoms with Gasteiger partial charge in [0.25, 0.3) is 5.91 Å². The number of hydrogen-bond donors (Lipinski definition) is 2. The molecule has 1 atom stereocenters. The fraction of sp³-hybridized carbons (Fsp3) is 0.292. The molecule has 3 heterocycles. The van der Waals surface area contributed by atoms with Crippen molar-refractivity contribution in [3.8, 4) is 10.4 Å². The van der Waals surface area contributed by atoms with Crippen molar-refractivity contribution in [2.75, 3.05) is 25.9 Å². The minimum absolute atomic E-state index is 0.0260. The summed E-state index contributed by atoms with van der Waals surface area (Å²) >= 11 is 1.70. The maximum atomic E-state index is 13.1. The Kier molecular flexibility index (Phi) is 6.04. The van der Waals surface area contributed by atoms with Crippen LogP contribution in [0.25, 0.3) is 10.4 Å². The number of anilines is 1. The van der Waals surface area contributed by atoms with E-state index in [1.165, 1.54) is 11.1 Å². The minimum atomic E-state index is -0.669. The molecule has 0 bridgehead atoms. The summed E-state index contributed by atoms with van der Waals surface area (Å²) in [6, 6.07) is 15.8. The number of carbonyl (C=O) groups is 2. The zero-order chi connectivity index (χ0) is 21.8. The molecule has 2 amide bonds. The first-order valence-electron chi connectivity index (χ1n) is 10.4. The van der Waals surface area contributed by atoms with Crippen LogP contribution >= 0.6 is 11.3 Å². The van der Waals surface area contributed by atoms with Crippen molar-refractivity contribution in [3.05, 3.63) is 71.2 Å². The van der Waals surface area contributed by atoms with Gasteiger partial charge in [0.15, 0.2) is 0 Å². The monoisotopic (exact) mass is 434 g/mol. The third-order valence-electron chi connectivity index (χ3n) is 5.88. The van der Waals surface area contributed by atoms with Crippen molar-refractivity contribution >= 4 is 29.0 Å². The maximum absolute atomic E-state index is 13.1. The number of benzene rings is 1. The molecule has 0 unspecified atom stereocenters. The molecule has 0 saturated carbocycles. The Balaban J connectivity index is 1.60. The van der Waals surface area contributed by atoms with Gasteiger partial charge in [0.1, 0.15) is 5.82 Å². The summed E-state index contributed by atoms with van der Waals surface area (Å²) in [5.74, 6) is 0.232. The van der Waals surface area contributed by atoms with Crippen molar-refractivity contribution in [2.24, 2.45) is 5.41 Å². The number of pyridine rings is 1. The second kappa shape index (κ2) is 8.89. The van der Waals surface area contributed by atoms with Crippen LogP contribution in [0.4, 0.5) is 5.82 Å². The van der Waals surface area contributed by atoms with Crippen LogP contribution < -0.4 is 11.1 Å². The van der Waals surface area contributed by atoms with E-state index in [0.717, 1.165) is 24.0 Å². The normalized spacial score (nSPS) is 18.5. The smallest absolute Gasteiger partial charge is 0.255 e. The van der Waals surface area contributed by atoms with E-state index in [1.54, 1.807) is 35.4 Å². The predicted molar refractivity (Wildman–Crippen MR) is 124 cm³/mol. The van der Waals surface area contributed by atoms with Crippen molar-refractivity contribution < 1.29 is 9.59 Å². The Morgan fingerprint density at radius 1 is 1.23 bits per heavy atom. The highest BCUT2D eigenvalue weighted by Crippen LogP contribution is 2.36. The third kappa shape index (κ3) is 4.46. The largest absolute Gasteiger partial charge is 0.384 e. The van der Waals surface area contributed by atoms with Gasteiger partial charge in [-0.3, -0.25) is 9.59 Å². The van der Waals surface area contributed by atoms with Crippen molar-refractivity contribution in [1.82, 2.24) is 15.2 Å². The second-order valence-electron chi connectivity index (χ2n) is 8.02. The van der Waals surface area contributed by atoms with Gasteiger partial charge in [-0.05, 0) is 54.0 Å². The summed E-state index contributed by atoms with van der Waals surface area (Å²) in [4.78, 5) is 33.2. The van der Waals surface area contributed by atoms with Crippen molar-refractivity contribution in [3.63, 3.8) is 0 Å². The van der Waals surface area contributed by atoms with E-state index < -0.39 is 5.41 Å². The number of amides is 2. The first-order valence-corrected chi connectivity index (χ1v) is 11.2. The van der Waals surface area contributed by atoms with E-state index >= 15 is 0 Å². The number of carbonyl (C=O) groups excluding carboxylic acids is 2. The summed E-state index contributed by atoms with van der Waals surface area (Å²) in [7, 11) is 1.66. The maximum Gasteiger partial charge on any atom is 0.255 e. The molecule has 0 aliphatic carbocycles. The van der Waals surface area contributed by atoms with Crippen LogP contribution in [-0.2, 0) is 11.2 Å². The highest BCUT2D eigenvalue weighted by Gasteiger charge is 2.43. The number of thiophene rings is 1. The summed E-state index contributed by atoms with van der Waals surface area (Å²) in [6.07, 6.45) is 3.58. The van der Waals surface area contributed by atoms with E-state index in [9.17, 15) is 9.59 Å². The topological polar surface area (TPSA) is 88.3 Å². The van der Waals surface area contributed by atoms with Crippen LogP contribution in [0.2, 0.25) is 0 Å². The van der Waals surface area contributed by atoms with Gasteiger partial charge in [-0.15, -0.1) is 11.3 Å². The quantitative estimate of drug-likeness (QED) is 0.642. The lowest BCUT2D eigenvalue weighted by molar-refractivity contribution is -0.133. The third-order valence-corrected chi connectivity index (χ3v) is 6.80. The van der Waals surface area contributed by atoms with Crippen molar-refractivity contribution in [2.45, 2.75) is 19.3 Å². The number of nitrogens with one attached hydrogen (secondary N) is 1. The average molecular weight is 435 g/mol. The predicted octanol–water partition coefficient (Wildman–Crippen LogP) is 3.60. The molecule has 0 radical (unpaired) electrons. The van der Waals surface area contributed by atoms with E-state index in [2.05, 4.69) is 39.9 Å². The first kappa shape index (κ1) is 21.1. The zero-order valence-corrected chi connectivity index (χ0v) is 18.3. The molecule has 1 aliphatic heterocycles. The van der Waals surface area contributed by atoms with E-state index in [4.69, 9.17) is 5.73 Å². The number of nitrogen functional groups attached to an aromatic ring is 1. The van der Waals surface area contributed by atoms with E-state index in [1.807, 2.05) is 12.1 Å². The van der Waals surface area contributed by atoms with Gasteiger partial charge in [0, 0.05) is 31.2 Å². The SMILES string of the molecule is CNC(=O)[C@]1(Cc2cccc(-c3cccs3)c2)CCCN(C(=O)c2ccc(N)nc2)C1. The number of piperidine rings is 1. The molecule has 1 aromatic carbocycles. The van der Waals surface area contributed by atoms with Crippen LogP contribution in [0, 0.1) is 5.41 Å². The van der Waals surface area contributed by atoms with Gasteiger partial charge in [0.05, 0.1) is 11.0 Å². The van der Waals surface area contributed by atoms with Gasteiger partial charge in [-0.1, -0.05) is 30.3 Å². The number of likely N-dealkylation sites (tertiary alicyclic amines) is 1. The summed E-state index contributed by atoms with van der Waals surface area (Å²) in [5, 5.41) is 4.90. The van der Waals surface area contributed by atoms with Gasteiger partial charge in [-0.25, -0.2) is 4.98 Å². The molecule has 7 heteroatoms. The van der Waals surface area contributed by atoms with Crippen LogP contribution in [0.15, 0.2) is 60.1 Å². The lowest BCUT2D eigenvalue weighted by Crippen LogP contribution is -2.54. The molecule has 0 spiro atoms. The average Bonchev–Trinajstić information content (AvgIpc) is 3.34. The van der Waals surface area contributed by atoms with E-state index in [0.29, 0.717) is 30.9 Å². The van der Waals surface area contributed by atoms with Gasteiger partial charge in [0.2, 0.25) is 5.91 Å². The highest BCUT2D eigenvalue weighted by molar-refractivity contribution is 7.13. The van der Waals surface area contributed by atoms with Crippen molar-refractivity contribution in [1.29, 1.82) is 0 Å².